The second-order valence-electron chi connectivity index (χ2n) is 5.22. The van der Waals surface area contributed by atoms with Gasteiger partial charge in [-0.1, -0.05) is 19.3 Å². The predicted octanol–water partition coefficient (Wildman–Crippen LogP) is 3.92. The number of ether oxygens (including phenoxy) is 1. The van der Waals surface area contributed by atoms with E-state index in [1.807, 2.05) is 0 Å². The number of hydrogen-bond acceptors (Lipinski definition) is 1. The zero-order valence-corrected chi connectivity index (χ0v) is 9.56. The summed E-state index contributed by atoms with van der Waals surface area (Å²) in [5.74, 6) is 0. The van der Waals surface area contributed by atoms with Crippen molar-refractivity contribution in [3.05, 3.63) is 0 Å². The molecular weight excluding hydrogens is 172 g/mol. The molecule has 0 amide bonds. The first-order chi connectivity index (χ1) is 6.85. The molecule has 0 aromatic carbocycles. The summed E-state index contributed by atoms with van der Waals surface area (Å²) in [7, 11) is 0. The summed E-state index contributed by atoms with van der Waals surface area (Å²) in [6, 6.07) is 0. The number of hydrogen-bond donors (Lipinski definition) is 0. The summed E-state index contributed by atoms with van der Waals surface area (Å²) in [5, 5.41) is 0. The van der Waals surface area contributed by atoms with E-state index in [-0.39, 0.29) is 0 Å². The topological polar surface area (TPSA) is 9.23 Å². The van der Waals surface area contributed by atoms with Gasteiger partial charge in [0.05, 0.1) is 6.10 Å². The molecule has 2 saturated carbocycles. The highest BCUT2D eigenvalue weighted by Crippen LogP contribution is 2.47. The highest BCUT2D eigenvalue weighted by molar-refractivity contribution is 4.88. The van der Waals surface area contributed by atoms with Gasteiger partial charge in [-0.2, -0.15) is 0 Å². The molecule has 0 N–H and O–H groups in total. The van der Waals surface area contributed by atoms with Crippen molar-refractivity contribution in [2.24, 2.45) is 5.41 Å². The van der Waals surface area contributed by atoms with E-state index >= 15 is 0 Å². The van der Waals surface area contributed by atoms with E-state index in [4.69, 9.17) is 4.74 Å². The fourth-order valence-electron chi connectivity index (χ4n) is 3.41. The molecule has 0 atom stereocenters. The Labute approximate surface area is 88.2 Å². The minimum Gasteiger partial charge on any atom is -0.379 e. The van der Waals surface area contributed by atoms with E-state index in [0.717, 1.165) is 12.0 Å². The van der Waals surface area contributed by atoms with E-state index in [2.05, 4.69) is 6.92 Å². The monoisotopic (exact) mass is 196 g/mol. The second-order valence-corrected chi connectivity index (χ2v) is 5.22. The van der Waals surface area contributed by atoms with Crippen molar-refractivity contribution >= 4 is 0 Å². The molecule has 1 heteroatoms. The molecule has 2 fully saturated rings. The zero-order valence-electron chi connectivity index (χ0n) is 9.56. The molecule has 0 unspecified atom stereocenters. The highest BCUT2D eigenvalue weighted by Gasteiger charge is 2.36. The van der Waals surface area contributed by atoms with E-state index in [1.165, 1.54) is 57.8 Å². The second kappa shape index (κ2) is 4.65. The van der Waals surface area contributed by atoms with Crippen LogP contribution in [0.2, 0.25) is 0 Å². The van der Waals surface area contributed by atoms with Crippen LogP contribution in [0.1, 0.15) is 64.7 Å². The van der Waals surface area contributed by atoms with Crippen LogP contribution in [0.3, 0.4) is 0 Å². The average Bonchev–Trinajstić information content (AvgIpc) is 2.24. The van der Waals surface area contributed by atoms with Crippen LogP contribution in [0.15, 0.2) is 0 Å². The Morgan fingerprint density at radius 1 is 1.00 bits per heavy atom. The SMILES string of the molecule is CCOC1CCC2(CCCCC2)CC1. The molecule has 0 aromatic rings. The minimum absolute atomic E-state index is 0.590. The Morgan fingerprint density at radius 3 is 2.21 bits per heavy atom. The Hall–Kier alpha value is -0.0400. The molecule has 1 spiro atoms. The first kappa shape index (κ1) is 10.5. The van der Waals surface area contributed by atoms with E-state index in [0.29, 0.717) is 6.10 Å². The summed E-state index contributed by atoms with van der Waals surface area (Å²) >= 11 is 0. The van der Waals surface area contributed by atoms with Gasteiger partial charge in [-0.25, -0.2) is 0 Å². The molecule has 0 bridgehead atoms. The molecule has 2 rings (SSSR count). The Morgan fingerprint density at radius 2 is 1.64 bits per heavy atom. The summed E-state index contributed by atoms with van der Waals surface area (Å²) in [6.45, 7) is 3.02. The van der Waals surface area contributed by atoms with Crippen LogP contribution >= 0.6 is 0 Å². The summed E-state index contributed by atoms with van der Waals surface area (Å²) in [5.41, 5.74) is 0.756. The van der Waals surface area contributed by atoms with Crippen LogP contribution in [0.5, 0.6) is 0 Å². The maximum absolute atomic E-state index is 5.72. The van der Waals surface area contributed by atoms with Crippen LogP contribution in [0, 0.1) is 5.41 Å². The van der Waals surface area contributed by atoms with Crippen LogP contribution < -0.4 is 0 Å². The Kier molecular flexibility index (Phi) is 3.48. The van der Waals surface area contributed by atoms with Gasteiger partial charge in [0, 0.05) is 6.61 Å². The predicted molar refractivity (Wildman–Crippen MR) is 59.4 cm³/mol. The van der Waals surface area contributed by atoms with Crippen molar-refractivity contribution in [2.75, 3.05) is 6.61 Å². The molecule has 0 aliphatic heterocycles. The van der Waals surface area contributed by atoms with Gasteiger partial charge in [-0.05, 0) is 50.9 Å². The van der Waals surface area contributed by atoms with Crippen molar-refractivity contribution in [3.8, 4) is 0 Å². The smallest absolute Gasteiger partial charge is 0.0575 e. The van der Waals surface area contributed by atoms with Gasteiger partial charge < -0.3 is 4.74 Å². The lowest BCUT2D eigenvalue weighted by Crippen LogP contribution is -2.32. The van der Waals surface area contributed by atoms with Gasteiger partial charge >= 0.3 is 0 Å². The van der Waals surface area contributed by atoms with Crippen LogP contribution in [0.4, 0.5) is 0 Å². The molecular formula is C13H24O. The van der Waals surface area contributed by atoms with Crippen LogP contribution in [0.25, 0.3) is 0 Å². The molecule has 82 valence electrons. The van der Waals surface area contributed by atoms with Crippen molar-refractivity contribution in [3.63, 3.8) is 0 Å². The summed E-state index contributed by atoms with van der Waals surface area (Å²) < 4.78 is 5.72. The van der Waals surface area contributed by atoms with Gasteiger partial charge in [0.1, 0.15) is 0 Å². The largest absolute Gasteiger partial charge is 0.379 e. The third-order valence-electron chi connectivity index (χ3n) is 4.31. The van der Waals surface area contributed by atoms with Crippen molar-refractivity contribution in [1.29, 1.82) is 0 Å². The molecule has 0 aromatic heterocycles. The van der Waals surface area contributed by atoms with Crippen LogP contribution in [-0.2, 0) is 4.74 Å². The van der Waals surface area contributed by atoms with Crippen molar-refractivity contribution in [1.82, 2.24) is 0 Å². The summed E-state index contributed by atoms with van der Waals surface area (Å²) in [6.07, 6.45) is 13.6. The molecule has 0 heterocycles. The third kappa shape index (κ3) is 2.31. The maximum atomic E-state index is 5.72. The molecule has 2 aliphatic rings. The number of rotatable bonds is 2. The first-order valence-electron chi connectivity index (χ1n) is 6.46. The van der Waals surface area contributed by atoms with Gasteiger partial charge in [-0.15, -0.1) is 0 Å². The molecule has 1 nitrogen and oxygen atoms in total. The minimum atomic E-state index is 0.590. The van der Waals surface area contributed by atoms with Gasteiger partial charge in [0.25, 0.3) is 0 Å². The third-order valence-corrected chi connectivity index (χ3v) is 4.31. The molecule has 14 heavy (non-hydrogen) atoms. The quantitative estimate of drug-likeness (QED) is 0.650. The van der Waals surface area contributed by atoms with Gasteiger partial charge in [0.15, 0.2) is 0 Å². The van der Waals surface area contributed by atoms with E-state index < -0.39 is 0 Å². The van der Waals surface area contributed by atoms with E-state index in [1.54, 1.807) is 0 Å². The van der Waals surface area contributed by atoms with Gasteiger partial charge in [0.2, 0.25) is 0 Å². The molecule has 0 radical (unpaired) electrons. The van der Waals surface area contributed by atoms with Crippen LogP contribution in [-0.4, -0.2) is 12.7 Å². The normalized spacial score (nSPS) is 28.1. The highest BCUT2D eigenvalue weighted by atomic mass is 16.5. The zero-order chi connectivity index (χ0) is 9.86. The molecule has 0 saturated heterocycles. The lowest BCUT2D eigenvalue weighted by molar-refractivity contribution is -0.00876. The van der Waals surface area contributed by atoms with E-state index in [9.17, 15) is 0 Å². The summed E-state index contributed by atoms with van der Waals surface area (Å²) in [4.78, 5) is 0. The van der Waals surface area contributed by atoms with Crippen molar-refractivity contribution in [2.45, 2.75) is 70.8 Å². The maximum Gasteiger partial charge on any atom is 0.0575 e. The Balaban J connectivity index is 1.81. The lowest BCUT2D eigenvalue weighted by atomic mass is 9.65. The lowest BCUT2D eigenvalue weighted by Gasteiger charge is -2.42. The van der Waals surface area contributed by atoms with Crippen molar-refractivity contribution < 1.29 is 4.74 Å². The standard InChI is InChI=1S/C13H24O/c1-2-14-12-6-10-13(11-7-12)8-4-3-5-9-13/h12H,2-11H2,1H3. The first-order valence-corrected chi connectivity index (χ1v) is 6.46. The average molecular weight is 196 g/mol. The fourth-order valence-corrected chi connectivity index (χ4v) is 3.41. The fraction of sp³-hybridized carbons (Fsp3) is 1.00. The Bertz CT molecular complexity index is 160. The molecule has 2 aliphatic carbocycles. The van der Waals surface area contributed by atoms with Gasteiger partial charge in [-0.3, -0.25) is 0 Å².